The third-order valence-electron chi connectivity index (χ3n) is 6.86. The number of ether oxygens (including phenoxy) is 1. The van der Waals surface area contributed by atoms with E-state index in [-0.39, 0.29) is 35.7 Å². The molecule has 3 amide bonds. The molecule has 0 heterocycles. The minimum Gasteiger partial charge on any atom is -0.444 e. The minimum atomic E-state index is -0.847. The number of hydrogen-bond donors (Lipinski definition) is 2. The first-order chi connectivity index (χ1) is 17.3. The van der Waals surface area contributed by atoms with Gasteiger partial charge in [-0.2, -0.15) is 0 Å². The Labute approximate surface area is 223 Å². The molecule has 1 aliphatic carbocycles. The standard InChI is InChI=1S/C30H45N3O4/c1-10-13-21(6)31-27(34)26(23-16-14-22(12-3)15-17-23)33(24-18-20(24)5)28(35)25(19(4)11-2)32-29(36)37-30(7,8)9/h3,14-17,19-21,24-26H,10-11,13,18H2,1-2,4-9H3,(H,31,34)(H,32,36). The number of alkyl carbamates (subject to hydrolysis) is 1. The SMILES string of the molecule is C#Cc1ccc(C(C(=O)NC(C)CCC)N(C(=O)C(NC(=O)OC(C)(C)C)C(C)CC)C2CC2C)cc1. The minimum absolute atomic E-state index is 0.0381. The lowest BCUT2D eigenvalue weighted by molar-refractivity contribution is -0.144. The van der Waals surface area contributed by atoms with Gasteiger partial charge in [0.2, 0.25) is 11.8 Å². The molecule has 7 nitrogen and oxygen atoms in total. The fourth-order valence-corrected chi connectivity index (χ4v) is 4.48. The summed E-state index contributed by atoms with van der Waals surface area (Å²) in [7, 11) is 0. The predicted molar refractivity (Wildman–Crippen MR) is 147 cm³/mol. The zero-order valence-electron chi connectivity index (χ0n) is 23.8. The van der Waals surface area contributed by atoms with E-state index in [4.69, 9.17) is 11.2 Å². The van der Waals surface area contributed by atoms with Crippen molar-refractivity contribution in [3.63, 3.8) is 0 Å². The summed E-state index contributed by atoms with van der Waals surface area (Å²) in [6.45, 7) is 15.3. The lowest BCUT2D eigenvalue weighted by Crippen LogP contribution is -2.56. The zero-order valence-corrected chi connectivity index (χ0v) is 23.8. The number of carbonyl (C=O) groups is 3. The van der Waals surface area contributed by atoms with Gasteiger partial charge in [0.15, 0.2) is 0 Å². The highest BCUT2D eigenvalue weighted by Crippen LogP contribution is 2.41. The Bertz CT molecular complexity index is 976. The molecule has 0 radical (unpaired) electrons. The third kappa shape index (κ3) is 8.52. The van der Waals surface area contributed by atoms with Gasteiger partial charge in [-0.15, -0.1) is 6.42 Å². The quantitative estimate of drug-likeness (QED) is 0.400. The van der Waals surface area contributed by atoms with Crippen LogP contribution in [0.4, 0.5) is 4.79 Å². The van der Waals surface area contributed by atoms with Crippen LogP contribution >= 0.6 is 0 Å². The Kier molecular flexibility index (Phi) is 10.6. The monoisotopic (exact) mass is 511 g/mol. The first-order valence-electron chi connectivity index (χ1n) is 13.5. The highest BCUT2D eigenvalue weighted by molar-refractivity contribution is 5.93. The first-order valence-corrected chi connectivity index (χ1v) is 13.5. The van der Waals surface area contributed by atoms with Gasteiger partial charge in [-0.1, -0.05) is 58.6 Å². The normalized spacial score (nSPS) is 20.0. The van der Waals surface area contributed by atoms with Gasteiger partial charge in [-0.05, 0) is 70.1 Å². The van der Waals surface area contributed by atoms with E-state index in [1.54, 1.807) is 37.8 Å². The van der Waals surface area contributed by atoms with E-state index in [2.05, 4.69) is 30.4 Å². The largest absolute Gasteiger partial charge is 0.444 e. The molecule has 1 saturated carbocycles. The topological polar surface area (TPSA) is 87.7 Å². The lowest BCUT2D eigenvalue weighted by atomic mass is 9.95. The Morgan fingerprint density at radius 2 is 1.73 bits per heavy atom. The van der Waals surface area contributed by atoms with E-state index in [0.29, 0.717) is 17.5 Å². The predicted octanol–water partition coefficient (Wildman–Crippen LogP) is 5.19. The van der Waals surface area contributed by atoms with Gasteiger partial charge in [-0.25, -0.2) is 4.79 Å². The third-order valence-corrected chi connectivity index (χ3v) is 6.86. The molecule has 37 heavy (non-hydrogen) atoms. The number of benzene rings is 1. The van der Waals surface area contributed by atoms with Gasteiger partial charge < -0.3 is 20.3 Å². The summed E-state index contributed by atoms with van der Waals surface area (Å²) in [5, 5.41) is 5.93. The highest BCUT2D eigenvalue weighted by Gasteiger charge is 2.49. The van der Waals surface area contributed by atoms with E-state index in [9.17, 15) is 14.4 Å². The van der Waals surface area contributed by atoms with Gasteiger partial charge in [-0.3, -0.25) is 9.59 Å². The van der Waals surface area contributed by atoms with E-state index in [1.165, 1.54) is 0 Å². The fourth-order valence-electron chi connectivity index (χ4n) is 4.48. The Morgan fingerprint density at radius 3 is 2.19 bits per heavy atom. The van der Waals surface area contributed by atoms with Crippen LogP contribution in [0.2, 0.25) is 0 Å². The van der Waals surface area contributed by atoms with Crippen molar-refractivity contribution in [2.45, 2.75) is 111 Å². The molecule has 1 aromatic carbocycles. The van der Waals surface area contributed by atoms with Crippen molar-refractivity contribution in [2.24, 2.45) is 11.8 Å². The molecule has 2 rings (SSSR count). The molecule has 1 aliphatic rings. The number of nitrogens with zero attached hydrogens (tertiary/aromatic N) is 1. The molecular formula is C30H45N3O4. The molecule has 0 spiro atoms. The number of rotatable bonds is 11. The molecule has 2 N–H and O–H groups in total. The van der Waals surface area contributed by atoms with Gasteiger partial charge >= 0.3 is 6.09 Å². The van der Waals surface area contributed by atoms with Crippen molar-refractivity contribution in [3.05, 3.63) is 35.4 Å². The summed E-state index contributed by atoms with van der Waals surface area (Å²) in [5.41, 5.74) is 0.686. The summed E-state index contributed by atoms with van der Waals surface area (Å²) in [4.78, 5) is 42.5. The molecule has 6 atom stereocenters. The molecular weight excluding hydrogens is 466 g/mol. The van der Waals surface area contributed by atoms with Gasteiger partial charge in [0.25, 0.3) is 0 Å². The smallest absolute Gasteiger partial charge is 0.408 e. The van der Waals surface area contributed by atoms with Crippen LogP contribution in [0, 0.1) is 24.2 Å². The van der Waals surface area contributed by atoms with E-state index >= 15 is 0 Å². The Hall–Kier alpha value is -3.01. The van der Waals surface area contributed by atoms with Crippen LogP contribution < -0.4 is 10.6 Å². The second kappa shape index (κ2) is 13.0. The highest BCUT2D eigenvalue weighted by atomic mass is 16.6. The molecule has 0 aromatic heterocycles. The summed E-state index contributed by atoms with van der Waals surface area (Å²) in [6.07, 6.45) is 8.13. The molecule has 0 saturated heterocycles. The average molecular weight is 512 g/mol. The second-order valence-corrected chi connectivity index (χ2v) is 11.4. The summed E-state index contributed by atoms with van der Waals surface area (Å²) >= 11 is 0. The first kappa shape index (κ1) is 30.2. The molecule has 7 heteroatoms. The summed E-state index contributed by atoms with van der Waals surface area (Å²) < 4.78 is 5.47. The van der Waals surface area contributed by atoms with Crippen LogP contribution in [-0.2, 0) is 14.3 Å². The van der Waals surface area contributed by atoms with Crippen molar-refractivity contribution in [3.8, 4) is 12.3 Å². The van der Waals surface area contributed by atoms with E-state index in [1.807, 2.05) is 32.9 Å². The average Bonchev–Trinajstić information content (AvgIpc) is 3.54. The lowest BCUT2D eigenvalue weighted by Gasteiger charge is -2.37. The number of hydrogen-bond acceptors (Lipinski definition) is 4. The van der Waals surface area contributed by atoms with Crippen molar-refractivity contribution in [1.82, 2.24) is 15.5 Å². The van der Waals surface area contributed by atoms with E-state index in [0.717, 1.165) is 19.3 Å². The fraction of sp³-hybridized carbons (Fsp3) is 0.633. The maximum Gasteiger partial charge on any atom is 0.408 e. The van der Waals surface area contributed by atoms with Gasteiger partial charge in [0, 0.05) is 17.6 Å². The maximum atomic E-state index is 14.3. The van der Waals surface area contributed by atoms with Crippen LogP contribution in [0.25, 0.3) is 0 Å². The van der Waals surface area contributed by atoms with Crippen LogP contribution in [0.5, 0.6) is 0 Å². The number of amides is 3. The molecule has 1 fully saturated rings. The maximum absolute atomic E-state index is 14.3. The number of terminal acetylenes is 1. The summed E-state index contributed by atoms with van der Waals surface area (Å²) in [5.74, 6) is 2.17. The number of carbonyl (C=O) groups excluding carboxylic acids is 3. The summed E-state index contributed by atoms with van der Waals surface area (Å²) in [6, 6.07) is 5.38. The van der Waals surface area contributed by atoms with Crippen LogP contribution in [-0.4, -0.2) is 46.5 Å². The number of nitrogens with one attached hydrogen (secondary N) is 2. The van der Waals surface area contributed by atoms with Crippen molar-refractivity contribution in [1.29, 1.82) is 0 Å². The van der Waals surface area contributed by atoms with Crippen molar-refractivity contribution < 1.29 is 19.1 Å². The molecule has 1 aromatic rings. The van der Waals surface area contributed by atoms with Crippen molar-refractivity contribution in [2.75, 3.05) is 0 Å². The van der Waals surface area contributed by atoms with Crippen molar-refractivity contribution >= 4 is 17.9 Å². The Morgan fingerprint density at radius 1 is 1.14 bits per heavy atom. The molecule has 0 aliphatic heterocycles. The zero-order chi connectivity index (χ0) is 27.9. The van der Waals surface area contributed by atoms with Gasteiger partial charge in [0.05, 0.1) is 0 Å². The van der Waals surface area contributed by atoms with Gasteiger partial charge in [0.1, 0.15) is 17.7 Å². The molecule has 0 bridgehead atoms. The molecule has 6 unspecified atom stereocenters. The van der Waals surface area contributed by atoms with Crippen LogP contribution in [0.15, 0.2) is 24.3 Å². The van der Waals surface area contributed by atoms with Crippen LogP contribution in [0.1, 0.15) is 98.2 Å². The Balaban J connectivity index is 2.52. The van der Waals surface area contributed by atoms with E-state index < -0.39 is 23.8 Å². The molecule has 204 valence electrons. The van der Waals surface area contributed by atoms with Crippen LogP contribution in [0.3, 0.4) is 0 Å². The second-order valence-electron chi connectivity index (χ2n) is 11.4.